The maximum atomic E-state index is 13.3. The lowest BCUT2D eigenvalue weighted by atomic mass is 9.91. The van der Waals surface area contributed by atoms with E-state index >= 15 is 0 Å². The SMILES string of the molecule is CCNC(=O)NC1(C(=O)N2CCC(c3nnc4n3CCNC4)CC2)CCCC1.Cl. The molecule has 1 aromatic heterocycles. The van der Waals surface area contributed by atoms with Crippen LogP contribution >= 0.6 is 12.4 Å². The number of likely N-dealkylation sites (tertiary alicyclic amines) is 1. The van der Waals surface area contributed by atoms with E-state index in [1.165, 1.54) is 0 Å². The van der Waals surface area contributed by atoms with Gasteiger partial charge in [0.05, 0.1) is 6.54 Å². The second-order valence-corrected chi connectivity index (χ2v) is 8.14. The molecule has 0 radical (unpaired) electrons. The van der Waals surface area contributed by atoms with Gasteiger partial charge in [-0.15, -0.1) is 22.6 Å². The second kappa shape index (κ2) is 9.30. The van der Waals surface area contributed by atoms with E-state index in [1.54, 1.807) is 0 Å². The molecule has 2 fully saturated rings. The van der Waals surface area contributed by atoms with Crippen molar-refractivity contribution >= 4 is 24.3 Å². The largest absolute Gasteiger partial charge is 0.341 e. The molecule has 1 saturated carbocycles. The molecule has 162 valence electrons. The van der Waals surface area contributed by atoms with Gasteiger partial charge in [0.15, 0.2) is 0 Å². The van der Waals surface area contributed by atoms with Gasteiger partial charge in [0.1, 0.15) is 17.2 Å². The van der Waals surface area contributed by atoms with E-state index in [2.05, 4.69) is 30.7 Å². The average molecular weight is 426 g/mol. The maximum Gasteiger partial charge on any atom is 0.315 e. The van der Waals surface area contributed by atoms with Gasteiger partial charge in [-0.3, -0.25) is 4.79 Å². The predicted molar refractivity (Wildman–Crippen MR) is 111 cm³/mol. The Kier molecular flexibility index (Phi) is 7.00. The summed E-state index contributed by atoms with van der Waals surface area (Å²) in [6, 6.07) is -0.240. The van der Waals surface area contributed by atoms with Crippen LogP contribution in [0.4, 0.5) is 4.79 Å². The summed E-state index contributed by atoms with van der Waals surface area (Å²) >= 11 is 0. The number of piperidine rings is 1. The van der Waals surface area contributed by atoms with E-state index < -0.39 is 5.54 Å². The molecule has 10 heteroatoms. The molecular formula is C19H32ClN7O2. The van der Waals surface area contributed by atoms with Crippen molar-refractivity contribution in [2.75, 3.05) is 26.2 Å². The highest BCUT2D eigenvalue weighted by Gasteiger charge is 2.45. The Morgan fingerprint density at radius 3 is 2.59 bits per heavy atom. The number of nitrogens with zero attached hydrogens (tertiary/aromatic N) is 4. The first-order valence-electron chi connectivity index (χ1n) is 10.6. The third kappa shape index (κ3) is 4.35. The monoisotopic (exact) mass is 425 g/mol. The summed E-state index contributed by atoms with van der Waals surface area (Å²) in [7, 11) is 0. The fourth-order valence-corrected chi connectivity index (χ4v) is 4.85. The predicted octanol–water partition coefficient (Wildman–Crippen LogP) is 1.14. The summed E-state index contributed by atoms with van der Waals surface area (Å²) in [4.78, 5) is 27.4. The standard InChI is InChI=1S/C19H31N7O2.ClH/c1-2-21-18(28)22-19(7-3-4-8-19)17(27)25-10-5-14(6-11-25)16-24-23-15-13-20-9-12-26(15)16;/h14,20H,2-13H2,1H3,(H2,21,22,28);1H. The minimum absolute atomic E-state index is 0. The molecule has 9 nitrogen and oxygen atoms in total. The molecule has 1 aliphatic carbocycles. The van der Waals surface area contributed by atoms with Crippen molar-refractivity contribution in [1.82, 2.24) is 35.6 Å². The normalized spacial score (nSPS) is 21.2. The first kappa shape index (κ1) is 21.8. The Labute approximate surface area is 177 Å². The number of fused-ring (bicyclic) bond motifs is 1. The summed E-state index contributed by atoms with van der Waals surface area (Å²) in [5.41, 5.74) is -0.730. The van der Waals surface area contributed by atoms with Gasteiger partial charge < -0.3 is 25.4 Å². The molecule has 0 atom stereocenters. The third-order valence-corrected chi connectivity index (χ3v) is 6.36. The van der Waals surface area contributed by atoms with Crippen molar-refractivity contribution in [3.05, 3.63) is 11.6 Å². The van der Waals surface area contributed by atoms with Gasteiger partial charge in [-0.05, 0) is 32.6 Å². The number of carbonyl (C=O) groups is 2. The van der Waals surface area contributed by atoms with Crippen LogP contribution in [0.1, 0.15) is 63.0 Å². The molecule has 0 unspecified atom stereocenters. The zero-order chi connectivity index (χ0) is 19.6. The average Bonchev–Trinajstić information content (AvgIpc) is 3.35. The van der Waals surface area contributed by atoms with Crippen LogP contribution in [-0.4, -0.2) is 63.3 Å². The summed E-state index contributed by atoms with van der Waals surface area (Å²) in [6.45, 7) is 6.50. The van der Waals surface area contributed by atoms with Crippen LogP contribution in [-0.2, 0) is 17.9 Å². The van der Waals surface area contributed by atoms with Crippen molar-refractivity contribution in [2.45, 2.75) is 70.0 Å². The van der Waals surface area contributed by atoms with E-state index in [9.17, 15) is 9.59 Å². The Balaban J connectivity index is 0.00000240. The van der Waals surface area contributed by atoms with Crippen LogP contribution in [0.25, 0.3) is 0 Å². The molecule has 3 heterocycles. The zero-order valence-electron chi connectivity index (χ0n) is 17.1. The Morgan fingerprint density at radius 1 is 1.17 bits per heavy atom. The van der Waals surface area contributed by atoms with Gasteiger partial charge in [-0.25, -0.2) is 4.79 Å². The van der Waals surface area contributed by atoms with E-state index in [4.69, 9.17) is 0 Å². The first-order chi connectivity index (χ1) is 13.6. The van der Waals surface area contributed by atoms with Crippen molar-refractivity contribution in [1.29, 1.82) is 0 Å². The van der Waals surface area contributed by atoms with E-state index in [-0.39, 0.29) is 24.3 Å². The molecule has 0 spiro atoms. The van der Waals surface area contributed by atoms with Crippen molar-refractivity contribution in [2.24, 2.45) is 0 Å². The van der Waals surface area contributed by atoms with Gasteiger partial charge in [0.2, 0.25) is 5.91 Å². The van der Waals surface area contributed by atoms with E-state index in [0.29, 0.717) is 25.6 Å². The number of halogens is 1. The van der Waals surface area contributed by atoms with Gasteiger partial charge in [0.25, 0.3) is 0 Å². The number of rotatable bonds is 4. The molecule has 29 heavy (non-hydrogen) atoms. The van der Waals surface area contributed by atoms with Crippen LogP contribution in [0, 0.1) is 0 Å². The van der Waals surface area contributed by atoms with Crippen LogP contribution in [0.3, 0.4) is 0 Å². The lowest BCUT2D eigenvalue weighted by Gasteiger charge is -2.38. The van der Waals surface area contributed by atoms with Gasteiger partial charge >= 0.3 is 6.03 Å². The summed E-state index contributed by atoms with van der Waals surface area (Å²) in [5.74, 6) is 2.51. The van der Waals surface area contributed by atoms with Crippen molar-refractivity contribution in [3.8, 4) is 0 Å². The zero-order valence-corrected chi connectivity index (χ0v) is 17.9. The molecule has 3 amide bonds. The number of hydrogen-bond acceptors (Lipinski definition) is 5. The molecule has 0 bridgehead atoms. The number of hydrogen-bond donors (Lipinski definition) is 3. The minimum Gasteiger partial charge on any atom is -0.341 e. The fourth-order valence-electron chi connectivity index (χ4n) is 4.85. The number of carbonyl (C=O) groups excluding carboxylic acids is 2. The lowest BCUT2D eigenvalue weighted by Crippen LogP contribution is -2.60. The second-order valence-electron chi connectivity index (χ2n) is 8.14. The number of aromatic nitrogens is 3. The van der Waals surface area contributed by atoms with Crippen molar-refractivity contribution in [3.63, 3.8) is 0 Å². The van der Waals surface area contributed by atoms with Crippen LogP contribution in [0.2, 0.25) is 0 Å². The van der Waals surface area contributed by atoms with E-state index in [1.807, 2.05) is 11.8 Å². The highest BCUT2D eigenvalue weighted by Crippen LogP contribution is 2.34. The minimum atomic E-state index is -0.730. The Hall–Kier alpha value is -1.87. The summed E-state index contributed by atoms with van der Waals surface area (Å²) in [6.07, 6.45) is 5.22. The quantitative estimate of drug-likeness (QED) is 0.671. The number of nitrogens with one attached hydrogen (secondary N) is 3. The smallest absolute Gasteiger partial charge is 0.315 e. The molecular weight excluding hydrogens is 394 g/mol. The first-order valence-corrected chi connectivity index (χ1v) is 10.6. The lowest BCUT2D eigenvalue weighted by molar-refractivity contribution is -0.139. The topological polar surface area (TPSA) is 104 Å². The maximum absolute atomic E-state index is 13.3. The molecule has 3 aliphatic rings. The molecule has 4 rings (SSSR count). The van der Waals surface area contributed by atoms with Crippen LogP contribution < -0.4 is 16.0 Å². The van der Waals surface area contributed by atoms with Crippen molar-refractivity contribution < 1.29 is 9.59 Å². The molecule has 1 aromatic rings. The van der Waals surface area contributed by atoms with Gasteiger partial charge in [-0.2, -0.15) is 0 Å². The third-order valence-electron chi connectivity index (χ3n) is 6.36. The number of urea groups is 1. The number of amides is 3. The highest BCUT2D eigenvalue weighted by atomic mass is 35.5. The van der Waals surface area contributed by atoms with Gasteiger partial charge in [-0.1, -0.05) is 12.8 Å². The van der Waals surface area contributed by atoms with Crippen LogP contribution in [0.5, 0.6) is 0 Å². The van der Waals surface area contributed by atoms with E-state index in [0.717, 1.165) is 69.8 Å². The molecule has 3 N–H and O–H groups in total. The Morgan fingerprint density at radius 2 is 1.90 bits per heavy atom. The fraction of sp³-hybridized carbons (Fsp3) is 0.789. The van der Waals surface area contributed by atoms with Crippen LogP contribution in [0.15, 0.2) is 0 Å². The molecule has 0 aromatic carbocycles. The molecule has 2 aliphatic heterocycles. The highest BCUT2D eigenvalue weighted by molar-refractivity contribution is 5.91. The summed E-state index contributed by atoms with van der Waals surface area (Å²) < 4.78 is 2.24. The Bertz CT molecular complexity index is 724. The van der Waals surface area contributed by atoms with Gasteiger partial charge in [0, 0.05) is 38.6 Å². The molecule has 1 saturated heterocycles. The summed E-state index contributed by atoms with van der Waals surface area (Å²) in [5, 5.41) is 17.9.